The Bertz CT molecular complexity index is 783. The van der Waals surface area contributed by atoms with Crippen molar-refractivity contribution in [2.24, 2.45) is 0 Å². The molecule has 0 aliphatic carbocycles. The zero-order chi connectivity index (χ0) is 17.8. The number of esters is 1. The van der Waals surface area contributed by atoms with Crippen LogP contribution in [0.5, 0.6) is 11.5 Å². The lowest BCUT2D eigenvalue weighted by molar-refractivity contribution is 0.0474. The first kappa shape index (κ1) is 16.8. The van der Waals surface area contributed by atoms with E-state index in [-0.39, 0.29) is 12.4 Å². The van der Waals surface area contributed by atoms with Crippen molar-refractivity contribution in [1.29, 1.82) is 0 Å². The van der Waals surface area contributed by atoms with Gasteiger partial charge in [0.15, 0.2) is 23.9 Å². The maximum Gasteiger partial charge on any atom is 0.338 e. The molecule has 0 fully saturated rings. The third-order valence-corrected chi connectivity index (χ3v) is 3.82. The summed E-state index contributed by atoms with van der Waals surface area (Å²) in [5.41, 5.74) is 1.80. The van der Waals surface area contributed by atoms with Crippen LogP contribution < -0.4 is 14.4 Å². The van der Waals surface area contributed by atoms with Gasteiger partial charge in [-0.2, -0.15) is 0 Å². The van der Waals surface area contributed by atoms with Gasteiger partial charge in [0.1, 0.15) is 13.2 Å². The smallest absolute Gasteiger partial charge is 0.338 e. The lowest BCUT2D eigenvalue weighted by Gasteiger charge is -2.18. The van der Waals surface area contributed by atoms with Crippen molar-refractivity contribution < 1.29 is 23.8 Å². The monoisotopic (exact) mass is 341 g/mol. The molecule has 1 heterocycles. The summed E-state index contributed by atoms with van der Waals surface area (Å²) in [6.07, 6.45) is 0. The van der Waals surface area contributed by atoms with Crippen LogP contribution in [0.3, 0.4) is 0 Å². The summed E-state index contributed by atoms with van der Waals surface area (Å²) < 4.78 is 16.0. The number of hydrogen-bond acceptors (Lipinski definition) is 6. The van der Waals surface area contributed by atoms with E-state index in [1.807, 2.05) is 31.1 Å². The summed E-state index contributed by atoms with van der Waals surface area (Å²) in [7, 11) is 3.83. The summed E-state index contributed by atoms with van der Waals surface area (Å²) >= 11 is 0. The maximum atomic E-state index is 12.2. The van der Waals surface area contributed by atoms with Gasteiger partial charge >= 0.3 is 5.97 Å². The lowest BCUT2D eigenvalue weighted by atomic mass is 10.1. The Morgan fingerprint density at radius 2 is 1.60 bits per heavy atom. The van der Waals surface area contributed by atoms with Crippen LogP contribution in [0.1, 0.15) is 20.7 Å². The molecule has 3 rings (SSSR count). The Kier molecular flexibility index (Phi) is 4.88. The second-order valence-electron chi connectivity index (χ2n) is 5.80. The van der Waals surface area contributed by atoms with Crippen molar-refractivity contribution in [3.63, 3.8) is 0 Å². The molecule has 0 saturated heterocycles. The lowest BCUT2D eigenvalue weighted by Crippen LogP contribution is -2.17. The predicted molar refractivity (Wildman–Crippen MR) is 92.8 cm³/mol. The molecule has 1 aliphatic heterocycles. The summed E-state index contributed by atoms with van der Waals surface area (Å²) in [6.45, 7) is 0.612. The molecule has 2 aromatic carbocycles. The Labute approximate surface area is 145 Å². The normalized spacial score (nSPS) is 12.4. The SMILES string of the molecule is CN(C)c1ccc(C(=O)OCC(=O)c2ccc3c(c2)OCCO3)cc1. The molecule has 130 valence electrons. The summed E-state index contributed by atoms with van der Waals surface area (Å²) in [5.74, 6) is 0.315. The van der Waals surface area contributed by atoms with Crippen molar-refractivity contribution in [2.45, 2.75) is 0 Å². The molecule has 0 unspecified atom stereocenters. The van der Waals surface area contributed by atoms with Gasteiger partial charge in [-0.3, -0.25) is 4.79 Å². The van der Waals surface area contributed by atoms with E-state index >= 15 is 0 Å². The number of carbonyl (C=O) groups excluding carboxylic acids is 2. The van der Waals surface area contributed by atoms with Crippen LogP contribution >= 0.6 is 0 Å². The van der Waals surface area contributed by atoms with Crippen molar-refractivity contribution in [1.82, 2.24) is 0 Å². The van der Waals surface area contributed by atoms with Crippen LogP contribution in [-0.4, -0.2) is 45.7 Å². The Balaban J connectivity index is 1.61. The highest BCUT2D eigenvalue weighted by Crippen LogP contribution is 2.30. The fraction of sp³-hybridized carbons (Fsp3) is 0.263. The quantitative estimate of drug-likeness (QED) is 0.615. The molecule has 0 radical (unpaired) electrons. The highest BCUT2D eigenvalue weighted by Gasteiger charge is 2.16. The number of fused-ring (bicyclic) bond motifs is 1. The van der Waals surface area contributed by atoms with E-state index in [1.165, 1.54) is 0 Å². The average Bonchev–Trinajstić information content (AvgIpc) is 2.65. The number of anilines is 1. The van der Waals surface area contributed by atoms with Gasteiger partial charge in [-0.1, -0.05) is 0 Å². The van der Waals surface area contributed by atoms with Gasteiger partial charge in [0.25, 0.3) is 0 Å². The third kappa shape index (κ3) is 3.91. The van der Waals surface area contributed by atoms with Gasteiger partial charge in [-0.05, 0) is 42.5 Å². The van der Waals surface area contributed by atoms with E-state index < -0.39 is 5.97 Å². The Morgan fingerprint density at radius 1 is 0.960 bits per heavy atom. The second kappa shape index (κ2) is 7.25. The zero-order valence-electron chi connectivity index (χ0n) is 14.2. The van der Waals surface area contributed by atoms with Gasteiger partial charge in [-0.15, -0.1) is 0 Å². The first-order valence-electron chi connectivity index (χ1n) is 7.92. The van der Waals surface area contributed by atoms with Crippen LogP contribution in [0, 0.1) is 0 Å². The number of hydrogen-bond donors (Lipinski definition) is 0. The van der Waals surface area contributed by atoms with E-state index in [9.17, 15) is 9.59 Å². The fourth-order valence-corrected chi connectivity index (χ4v) is 2.41. The van der Waals surface area contributed by atoms with Gasteiger partial charge in [-0.25, -0.2) is 4.79 Å². The van der Waals surface area contributed by atoms with Crippen LogP contribution in [0.15, 0.2) is 42.5 Å². The van der Waals surface area contributed by atoms with E-state index in [2.05, 4.69) is 0 Å². The standard InChI is InChI=1S/C19H19NO5/c1-20(2)15-6-3-13(4-7-15)19(22)25-12-16(21)14-5-8-17-18(11-14)24-10-9-23-17/h3-8,11H,9-10,12H2,1-2H3. The molecule has 0 bridgehead atoms. The topological polar surface area (TPSA) is 65.1 Å². The molecular weight excluding hydrogens is 322 g/mol. The van der Waals surface area contributed by atoms with Crippen molar-refractivity contribution in [3.8, 4) is 11.5 Å². The van der Waals surface area contributed by atoms with Crippen molar-refractivity contribution >= 4 is 17.4 Å². The minimum atomic E-state index is -0.531. The van der Waals surface area contributed by atoms with E-state index in [0.29, 0.717) is 35.8 Å². The zero-order valence-corrected chi connectivity index (χ0v) is 14.2. The van der Waals surface area contributed by atoms with Crippen LogP contribution in [0.25, 0.3) is 0 Å². The number of rotatable bonds is 5. The highest BCUT2D eigenvalue weighted by molar-refractivity contribution is 5.99. The fourth-order valence-electron chi connectivity index (χ4n) is 2.41. The number of nitrogens with zero attached hydrogens (tertiary/aromatic N) is 1. The number of ketones is 1. The molecule has 0 spiro atoms. The highest BCUT2D eigenvalue weighted by atomic mass is 16.6. The first-order chi connectivity index (χ1) is 12.0. The number of Topliss-reactive ketones (excluding diaryl/α,β-unsaturated/α-hetero) is 1. The molecule has 0 atom stereocenters. The Hall–Kier alpha value is -3.02. The molecule has 2 aromatic rings. The van der Waals surface area contributed by atoms with Crippen LogP contribution in [-0.2, 0) is 4.74 Å². The average molecular weight is 341 g/mol. The molecule has 1 aliphatic rings. The number of ether oxygens (including phenoxy) is 3. The largest absolute Gasteiger partial charge is 0.486 e. The van der Waals surface area contributed by atoms with E-state index in [0.717, 1.165) is 5.69 Å². The molecule has 0 saturated carbocycles. The molecule has 25 heavy (non-hydrogen) atoms. The molecule has 6 nitrogen and oxygen atoms in total. The number of carbonyl (C=O) groups is 2. The Morgan fingerprint density at radius 3 is 2.28 bits per heavy atom. The first-order valence-corrected chi connectivity index (χ1v) is 7.92. The minimum absolute atomic E-state index is 0.296. The van der Waals surface area contributed by atoms with Crippen LogP contribution in [0.2, 0.25) is 0 Å². The summed E-state index contributed by atoms with van der Waals surface area (Å²) in [6, 6.07) is 11.9. The van der Waals surface area contributed by atoms with Gasteiger partial charge in [0.05, 0.1) is 5.56 Å². The number of benzene rings is 2. The minimum Gasteiger partial charge on any atom is -0.486 e. The van der Waals surface area contributed by atoms with E-state index in [4.69, 9.17) is 14.2 Å². The summed E-state index contributed by atoms with van der Waals surface area (Å²) in [5, 5.41) is 0. The van der Waals surface area contributed by atoms with Crippen LogP contribution in [0.4, 0.5) is 5.69 Å². The van der Waals surface area contributed by atoms with E-state index in [1.54, 1.807) is 30.3 Å². The molecule has 0 N–H and O–H groups in total. The van der Waals surface area contributed by atoms with Gasteiger partial charge in [0.2, 0.25) is 0 Å². The molecule has 0 amide bonds. The van der Waals surface area contributed by atoms with Gasteiger partial charge in [0, 0.05) is 25.3 Å². The summed E-state index contributed by atoms with van der Waals surface area (Å²) in [4.78, 5) is 26.2. The van der Waals surface area contributed by atoms with Gasteiger partial charge < -0.3 is 19.1 Å². The predicted octanol–water partition coefficient (Wildman–Crippen LogP) is 2.56. The maximum absolute atomic E-state index is 12.2. The van der Waals surface area contributed by atoms with Crippen molar-refractivity contribution in [2.75, 3.05) is 38.8 Å². The second-order valence-corrected chi connectivity index (χ2v) is 5.80. The third-order valence-electron chi connectivity index (χ3n) is 3.82. The molecular formula is C19H19NO5. The molecule has 0 aromatic heterocycles. The molecule has 6 heteroatoms. The van der Waals surface area contributed by atoms with Crippen molar-refractivity contribution in [3.05, 3.63) is 53.6 Å².